The van der Waals surface area contributed by atoms with Gasteiger partial charge in [-0.25, -0.2) is 0 Å². The maximum Gasteiger partial charge on any atom is 0.233 e. The molecular weight excluding hydrogens is 152 g/mol. The normalized spacial score (nSPS) is 11.7. The van der Waals surface area contributed by atoms with Gasteiger partial charge in [0.15, 0.2) is 0 Å². The molecule has 1 aromatic rings. The van der Waals surface area contributed by atoms with Gasteiger partial charge in [-0.15, -0.1) is 5.10 Å². The number of aryl methyl sites for hydroxylation is 1. The maximum atomic E-state index is 5.64. The van der Waals surface area contributed by atoms with Crippen LogP contribution in [0.1, 0.15) is 27.2 Å². The predicted octanol–water partition coefficient (Wildman–Crippen LogP) is 1.99. The van der Waals surface area contributed by atoms with Crippen LogP contribution in [0.15, 0.2) is 12.3 Å². The van der Waals surface area contributed by atoms with E-state index in [1.165, 1.54) is 0 Å². The van der Waals surface area contributed by atoms with E-state index in [-0.39, 0.29) is 5.60 Å². The van der Waals surface area contributed by atoms with Gasteiger partial charge in [-0.2, -0.15) is 0 Å². The molecule has 0 amide bonds. The van der Waals surface area contributed by atoms with E-state index in [0.29, 0.717) is 5.88 Å². The molecule has 0 saturated heterocycles. The van der Waals surface area contributed by atoms with Gasteiger partial charge in [-0.1, -0.05) is 6.92 Å². The summed E-state index contributed by atoms with van der Waals surface area (Å²) < 4.78 is 7.38. The summed E-state index contributed by atoms with van der Waals surface area (Å²) in [5.41, 5.74) is -0.117. The third-order valence-corrected chi connectivity index (χ3v) is 1.92. The summed E-state index contributed by atoms with van der Waals surface area (Å²) in [5, 5.41) is 4.14. The Balaban J connectivity index is 2.63. The number of aromatic nitrogens is 2. The molecule has 0 aromatic carbocycles. The Hall–Kier alpha value is -0.990. The average Bonchev–Trinajstić information content (AvgIpc) is 2.35. The summed E-state index contributed by atoms with van der Waals surface area (Å²) in [4.78, 5) is 0. The molecule has 1 rings (SSSR count). The molecule has 1 aromatic heterocycles. The molecular formula is C9H16N2O. The molecule has 0 spiro atoms. The van der Waals surface area contributed by atoms with Crippen LogP contribution < -0.4 is 4.74 Å². The van der Waals surface area contributed by atoms with Crippen molar-refractivity contribution in [1.82, 2.24) is 9.78 Å². The van der Waals surface area contributed by atoms with Crippen molar-refractivity contribution in [2.24, 2.45) is 7.05 Å². The third-order valence-electron chi connectivity index (χ3n) is 1.92. The van der Waals surface area contributed by atoms with Gasteiger partial charge >= 0.3 is 0 Å². The maximum absolute atomic E-state index is 5.64. The fourth-order valence-corrected chi connectivity index (χ4v) is 0.803. The van der Waals surface area contributed by atoms with Crippen molar-refractivity contribution in [3.05, 3.63) is 12.3 Å². The van der Waals surface area contributed by atoms with Crippen LogP contribution in [0.5, 0.6) is 5.88 Å². The van der Waals surface area contributed by atoms with Crippen molar-refractivity contribution in [3.63, 3.8) is 0 Å². The third kappa shape index (κ3) is 2.26. The minimum atomic E-state index is -0.117. The van der Waals surface area contributed by atoms with Crippen LogP contribution in [-0.2, 0) is 7.05 Å². The van der Waals surface area contributed by atoms with Crippen LogP contribution in [-0.4, -0.2) is 15.4 Å². The van der Waals surface area contributed by atoms with E-state index in [0.717, 1.165) is 6.42 Å². The highest BCUT2D eigenvalue weighted by Gasteiger charge is 2.17. The van der Waals surface area contributed by atoms with Gasteiger partial charge in [0, 0.05) is 19.3 Å². The topological polar surface area (TPSA) is 27.1 Å². The van der Waals surface area contributed by atoms with Crippen molar-refractivity contribution >= 4 is 0 Å². The first kappa shape index (κ1) is 9.10. The van der Waals surface area contributed by atoms with Crippen LogP contribution in [0.2, 0.25) is 0 Å². The fourth-order valence-electron chi connectivity index (χ4n) is 0.803. The molecule has 3 heteroatoms. The van der Waals surface area contributed by atoms with E-state index in [2.05, 4.69) is 25.9 Å². The van der Waals surface area contributed by atoms with Gasteiger partial charge in [0.2, 0.25) is 5.88 Å². The Morgan fingerprint density at radius 2 is 2.25 bits per heavy atom. The second-order valence-electron chi connectivity index (χ2n) is 3.54. The molecule has 0 N–H and O–H groups in total. The zero-order valence-corrected chi connectivity index (χ0v) is 8.16. The lowest BCUT2D eigenvalue weighted by Crippen LogP contribution is -2.27. The molecule has 0 aliphatic carbocycles. The summed E-state index contributed by atoms with van der Waals surface area (Å²) >= 11 is 0. The lowest BCUT2D eigenvalue weighted by Gasteiger charge is -2.22. The molecule has 68 valence electrons. The van der Waals surface area contributed by atoms with Gasteiger partial charge in [-0.3, -0.25) is 4.68 Å². The van der Waals surface area contributed by atoms with Crippen molar-refractivity contribution in [1.29, 1.82) is 0 Å². The van der Waals surface area contributed by atoms with E-state index in [1.807, 2.05) is 19.3 Å². The summed E-state index contributed by atoms with van der Waals surface area (Å²) in [5.74, 6) is 0.698. The number of ether oxygens (including phenoxy) is 1. The second kappa shape index (κ2) is 3.17. The van der Waals surface area contributed by atoms with Crippen LogP contribution in [0.3, 0.4) is 0 Å². The van der Waals surface area contributed by atoms with Gasteiger partial charge < -0.3 is 4.74 Å². The molecule has 0 fully saturated rings. The molecule has 0 aliphatic rings. The van der Waals surface area contributed by atoms with E-state index in [9.17, 15) is 0 Å². The predicted molar refractivity (Wildman–Crippen MR) is 48.2 cm³/mol. The van der Waals surface area contributed by atoms with E-state index < -0.39 is 0 Å². The van der Waals surface area contributed by atoms with Gasteiger partial charge in [0.05, 0.1) is 0 Å². The highest BCUT2D eigenvalue weighted by molar-refractivity contribution is 5.06. The Morgan fingerprint density at radius 3 is 2.67 bits per heavy atom. The fraction of sp³-hybridized carbons (Fsp3) is 0.667. The molecule has 0 bridgehead atoms. The Labute approximate surface area is 73.3 Å². The van der Waals surface area contributed by atoms with Crippen LogP contribution in [0, 0.1) is 0 Å². The highest BCUT2D eigenvalue weighted by atomic mass is 16.5. The first-order chi connectivity index (χ1) is 5.53. The summed E-state index contributed by atoms with van der Waals surface area (Å²) in [6, 6.07) is 1.87. The SMILES string of the molecule is CCC(C)(C)Oc1ccn(C)n1. The summed E-state index contributed by atoms with van der Waals surface area (Å²) in [6.45, 7) is 6.21. The van der Waals surface area contributed by atoms with E-state index in [4.69, 9.17) is 4.74 Å². The lowest BCUT2D eigenvalue weighted by molar-refractivity contribution is 0.0981. The van der Waals surface area contributed by atoms with Gasteiger partial charge in [-0.05, 0) is 20.3 Å². The molecule has 12 heavy (non-hydrogen) atoms. The Bertz CT molecular complexity index is 253. The largest absolute Gasteiger partial charge is 0.471 e. The lowest BCUT2D eigenvalue weighted by atomic mass is 10.1. The number of rotatable bonds is 3. The minimum Gasteiger partial charge on any atom is -0.471 e. The van der Waals surface area contributed by atoms with Crippen molar-refractivity contribution in [3.8, 4) is 5.88 Å². The number of hydrogen-bond donors (Lipinski definition) is 0. The molecule has 0 aliphatic heterocycles. The molecule has 0 unspecified atom stereocenters. The highest BCUT2D eigenvalue weighted by Crippen LogP contribution is 2.17. The first-order valence-corrected chi connectivity index (χ1v) is 4.22. The zero-order valence-electron chi connectivity index (χ0n) is 8.16. The van der Waals surface area contributed by atoms with Crippen LogP contribution in [0.25, 0.3) is 0 Å². The van der Waals surface area contributed by atoms with Crippen molar-refractivity contribution < 1.29 is 4.74 Å². The zero-order chi connectivity index (χ0) is 9.19. The van der Waals surface area contributed by atoms with Crippen LogP contribution >= 0.6 is 0 Å². The van der Waals surface area contributed by atoms with Gasteiger partial charge in [0.25, 0.3) is 0 Å². The number of hydrogen-bond acceptors (Lipinski definition) is 2. The quantitative estimate of drug-likeness (QED) is 0.690. The smallest absolute Gasteiger partial charge is 0.233 e. The Kier molecular flexibility index (Phi) is 2.40. The number of nitrogens with zero attached hydrogens (tertiary/aromatic N) is 2. The standard InChI is InChI=1S/C9H16N2O/c1-5-9(2,3)12-8-6-7-11(4)10-8/h6-7H,5H2,1-4H3. The van der Waals surface area contributed by atoms with E-state index >= 15 is 0 Å². The second-order valence-corrected chi connectivity index (χ2v) is 3.54. The summed E-state index contributed by atoms with van der Waals surface area (Å²) in [7, 11) is 1.88. The molecule has 0 atom stereocenters. The monoisotopic (exact) mass is 168 g/mol. The van der Waals surface area contributed by atoms with Crippen LogP contribution in [0.4, 0.5) is 0 Å². The molecule has 0 radical (unpaired) electrons. The Morgan fingerprint density at radius 1 is 1.58 bits per heavy atom. The average molecular weight is 168 g/mol. The molecule has 0 saturated carbocycles. The minimum absolute atomic E-state index is 0.117. The first-order valence-electron chi connectivity index (χ1n) is 4.22. The van der Waals surface area contributed by atoms with Crippen molar-refractivity contribution in [2.45, 2.75) is 32.8 Å². The van der Waals surface area contributed by atoms with E-state index in [1.54, 1.807) is 4.68 Å². The van der Waals surface area contributed by atoms with Crippen molar-refractivity contribution in [2.75, 3.05) is 0 Å². The summed E-state index contributed by atoms with van der Waals surface area (Å²) in [6.07, 6.45) is 2.85. The van der Waals surface area contributed by atoms with Gasteiger partial charge in [0.1, 0.15) is 5.60 Å². The molecule has 1 heterocycles. The molecule has 3 nitrogen and oxygen atoms in total.